The smallest absolute Gasteiger partial charge is 0.238 e. The zero-order valence-electron chi connectivity index (χ0n) is 12.2. The summed E-state index contributed by atoms with van der Waals surface area (Å²) in [5, 5.41) is 2.58. The molecule has 0 aromatic heterocycles. The van der Waals surface area contributed by atoms with Crippen LogP contribution in [0.2, 0.25) is 0 Å². The fourth-order valence-electron chi connectivity index (χ4n) is 2.97. The minimum absolute atomic E-state index is 0.0586. The normalized spacial score (nSPS) is 25.2. The van der Waals surface area contributed by atoms with Crippen molar-refractivity contribution in [3.63, 3.8) is 0 Å². The Kier molecular flexibility index (Phi) is 4.19. The number of thioether (sulfide) groups is 1. The molecule has 1 saturated heterocycles. The van der Waals surface area contributed by atoms with Crippen LogP contribution in [-0.2, 0) is 9.59 Å². The van der Waals surface area contributed by atoms with Crippen LogP contribution in [0.15, 0.2) is 29.2 Å². The molecule has 2 amide bonds. The molecular formula is C16H20N2O2S. The largest absolute Gasteiger partial charge is 0.340 e. The van der Waals surface area contributed by atoms with Crippen LogP contribution in [0.5, 0.6) is 0 Å². The number of benzene rings is 1. The summed E-state index contributed by atoms with van der Waals surface area (Å²) in [6.07, 6.45) is 3.62. The van der Waals surface area contributed by atoms with E-state index in [1.54, 1.807) is 0 Å². The van der Waals surface area contributed by atoms with Crippen LogP contribution in [0.3, 0.4) is 0 Å². The molecule has 1 aromatic rings. The Bertz CT molecular complexity index is 561. The molecule has 0 aliphatic carbocycles. The molecule has 4 nitrogen and oxygen atoms in total. The summed E-state index contributed by atoms with van der Waals surface area (Å²) < 4.78 is 0. The SMILES string of the molecule is CC1CCCCN1C(=O)CC1Sc2ccccc2NC1=O. The lowest BCUT2D eigenvalue weighted by Crippen LogP contribution is -2.44. The maximum Gasteiger partial charge on any atom is 0.238 e. The first-order valence-electron chi connectivity index (χ1n) is 7.51. The van der Waals surface area contributed by atoms with E-state index >= 15 is 0 Å². The van der Waals surface area contributed by atoms with E-state index in [0.717, 1.165) is 30.0 Å². The average Bonchev–Trinajstić information content (AvgIpc) is 2.48. The van der Waals surface area contributed by atoms with E-state index in [1.165, 1.54) is 18.2 Å². The maximum atomic E-state index is 12.5. The molecule has 1 fully saturated rings. The number of likely N-dealkylation sites (tertiary alicyclic amines) is 1. The predicted octanol–water partition coefficient (Wildman–Crippen LogP) is 2.89. The number of carbonyl (C=O) groups excluding carboxylic acids is 2. The monoisotopic (exact) mass is 304 g/mol. The number of fused-ring (bicyclic) bond motifs is 1. The van der Waals surface area contributed by atoms with Crippen molar-refractivity contribution in [1.82, 2.24) is 4.90 Å². The van der Waals surface area contributed by atoms with Gasteiger partial charge in [-0.15, -0.1) is 11.8 Å². The quantitative estimate of drug-likeness (QED) is 0.914. The minimum Gasteiger partial charge on any atom is -0.340 e. The zero-order valence-corrected chi connectivity index (χ0v) is 13.0. The van der Waals surface area contributed by atoms with Gasteiger partial charge in [-0.05, 0) is 38.3 Å². The van der Waals surface area contributed by atoms with Crippen LogP contribution in [-0.4, -0.2) is 34.6 Å². The van der Waals surface area contributed by atoms with Gasteiger partial charge in [0.05, 0.1) is 10.9 Å². The van der Waals surface area contributed by atoms with Gasteiger partial charge in [0, 0.05) is 23.9 Å². The molecule has 2 heterocycles. The average molecular weight is 304 g/mol. The zero-order chi connectivity index (χ0) is 14.8. The van der Waals surface area contributed by atoms with Gasteiger partial charge in [0.15, 0.2) is 0 Å². The number of rotatable bonds is 2. The van der Waals surface area contributed by atoms with Gasteiger partial charge in [-0.3, -0.25) is 9.59 Å². The van der Waals surface area contributed by atoms with Crippen LogP contribution >= 0.6 is 11.8 Å². The highest BCUT2D eigenvalue weighted by molar-refractivity contribution is 8.01. The van der Waals surface area contributed by atoms with Gasteiger partial charge in [-0.25, -0.2) is 0 Å². The van der Waals surface area contributed by atoms with Gasteiger partial charge < -0.3 is 10.2 Å². The summed E-state index contributed by atoms with van der Waals surface area (Å²) in [5.41, 5.74) is 0.850. The number of hydrogen-bond donors (Lipinski definition) is 1. The highest BCUT2D eigenvalue weighted by Crippen LogP contribution is 2.37. The number of para-hydroxylation sites is 1. The third-order valence-corrected chi connectivity index (χ3v) is 5.47. The molecule has 0 bridgehead atoms. The summed E-state index contributed by atoms with van der Waals surface area (Å²) in [5.74, 6) is 0.0472. The molecule has 2 aliphatic rings. The first kappa shape index (κ1) is 14.4. The van der Waals surface area contributed by atoms with Crippen LogP contribution in [0.4, 0.5) is 5.69 Å². The van der Waals surface area contributed by atoms with Gasteiger partial charge in [-0.1, -0.05) is 12.1 Å². The van der Waals surface area contributed by atoms with Crippen molar-refractivity contribution in [1.29, 1.82) is 0 Å². The Morgan fingerprint density at radius 2 is 2.19 bits per heavy atom. The lowest BCUT2D eigenvalue weighted by molar-refractivity contribution is -0.135. The lowest BCUT2D eigenvalue weighted by atomic mass is 10.0. The van der Waals surface area contributed by atoms with Crippen LogP contribution < -0.4 is 5.32 Å². The van der Waals surface area contributed by atoms with Crippen molar-refractivity contribution >= 4 is 29.3 Å². The summed E-state index contributed by atoms with van der Waals surface area (Å²) in [6.45, 7) is 2.93. The fourth-order valence-corrected chi connectivity index (χ4v) is 4.07. The Morgan fingerprint density at radius 1 is 1.38 bits per heavy atom. The van der Waals surface area contributed by atoms with Gasteiger partial charge in [-0.2, -0.15) is 0 Å². The number of nitrogens with zero attached hydrogens (tertiary/aromatic N) is 1. The number of anilines is 1. The number of carbonyl (C=O) groups is 2. The number of nitrogens with one attached hydrogen (secondary N) is 1. The van der Waals surface area contributed by atoms with E-state index in [1.807, 2.05) is 29.2 Å². The van der Waals surface area contributed by atoms with Crippen LogP contribution in [0.25, 0.3) is 0 Å². The van der Waals surface area contributed by atoms with E-state index in [-0.39, 0.29) is 23.5 Å². The van der Waals surface area contributed by atoms with Crippen molar-refractivity contribution in [2.24, 2.45) is 0 Å². The van der Waals surface area contributed by atoms with Gasteiger partial charge in [0.2, 0.25) is 11.8 Å². The van der Waals surface area contributed by atoms with Gasteiger partial charge in [0.1, 0.15) is 0 Å². The molecule has 0 spiro atoms. The van der Waals surface area contributed by atoms with Crippen LogP contribution in [0.1, 0.15) is 32.6 Å². The molecule has 112 valence electrons. The standard InChI is InChI=1S/C16H20N2O2S/c1-11-6-4-5-9-18(11)15(19)10-14-16(20)17-12-7-2-3-8-13(12)21-14/h2-3,7-8,11,14H,4-6,9-10H2,1H3,(H,17,20). The minimum atomic E-state index is -0.318. The van der Waals surface area contributed by atoms with Crippen LogP contribution in [0, 0.1) is 0 Å². The molecule has 2 atom stereocenters. The molecular weight excluding hydrogens is 284 g/mol. The molecule has 2 unspecified atom stereocenters. The number of piperidine rings is 1. The summed E-state index contributed by atoms with van der Waals surface area (Å²) >= 11 is 1.50. The molecule has 2 aliphatic heterocycles. The number of amides is 2. The molecule has 0 saturated carbocycles. The summed E-state index contributed by atoms with van der Waals surface area (Å²) in [4.78, 5) is 27.6. The van der Waals surface area contributed by atoms with Crippen molar-refractivity contribution in [3.05, 3.63) is 24.3 Å². The summed E-state index contributed by atoms with van der Waals surface area (Å²) in [6, 6.07) is 8.04. The second-order valence-electron chi connectivity index (χ2n) is 5.73. The molecule has 3 rings (SSSR count). The second kappa shape index (κ2) is 6.10. The third kappa shape index (κ3) is 3.07. The lowest BCUT2D eigenvalue weighted by Gasteiger charge is -2.34. The summed E-state index contributed by atoms with van der Waals surface area (Å²) in [7, 11) is 0. The van der Waals surface area contributed by atoms with Crippen molar-refractivity contribution < 1.29 is 9.59 Å². The molecule has 1 aromatic carbocycles. The van der Waals surface area contributed by atoms with Crippen molar-refractivity contribution in [2.45, 2.75) is 48.8 Å². The first-order valence-corrected chi connectivity index (χ1v) is 8.39. The van der Waals surface area contributed by atoms with Gasteiger partial charge in [0.25, 0.3) is 0 Å². The Hall–Kier alpha value is -1.49. The topological polar surface area (TPSA) is 49.4 Å². The van der Waals surface area contributed by atoms with E-state index < -0.39 is 0 Å². The van der Waals surface area contributed by atoms with Crippen molar-refractivity contribution in [2.75, 3.05) is 11.9 Å². The molecule has 5 heteroatoms. The Morgan fingerprint density at radius 3 is 3.00 bits per heavy atom. The maximum absolute atomic E-state index is 12.5. The van der Waals surface area contributed by atoms with Crippen molar-refractivity contribution in [3.8, 4) is 0 Å². The highest BCUT2D eigenvalue weighted by atomic mass is 32.2. The first-order chi connectivity index (χ1) is 10.1. The predicted molar refractivity (Wildman–Crippen MR) is 84.4 cm³/mol. The van der Waals surface area contributed by atoms with E-state index in [4.69, 9.17) is 0 Å². The highest BCUT2D eigenvalue weighted by Gasteiger charge is 2.32. The fraction of sp³-hybridized carbons (Fsp3) is 0.500. The van der Waals surface area contributed by atoms with E-state index in [2.05, 4.69) is 12.2 Å². The third-order valence-electron chi connectivity index (χ3n) is 4.19. The second-order valence-corrected chi connectivity index (χ2v) is 6.97. The van der Waals surface area contributed by atoms with Gasteiger partial charge >= 0.3 is 0 Å². The van der Waals surface area contributed by atoms with E-state index in [9.17, 15) is 9.59 Å². The molecule has 21 heavy (non-hydrogen) atoms. The molecule has 0 radical (unpaired) electrons. The molecule has 1 N–H and O–H groups in total. The Labute approximate surface area is 129 Å². The number of hydrogen-bond acceptors (Lipinski definition) is 3. The van der Waals surface area contributed by atoms with E-state index in [0.29, 0.717) is 6.04 Å². The Balaban J connectivity index is 1.68.